The molecular formula is C38H32N2O4. The van der Waals surface area contributed by atoms with Crippen molar-refractivity contribution in [2.45, 2.75) is 27.7 Å². The Hall–Kier alpha value is -5.62. The molecule has 0 saturated heterocycles. The van der Waals surface area contributed by atoms with Crippen molar-refractivity contribution in [3.8, 4) is 11.5 Å². The Kier molecular flexibility index (Phi) is 9.21. The first-order valence-electron chi connectivity index (χ1n) is 14.2. The van der Waals surface area contributed by atoms with E-state index in [0.717, 1.165) is 28.1 Å². The van der Waals surface area contributed by atoms with Gasteiger partial charge in [-0.1, -0.05) is 36.4 Å². The van der Waals surface area contributed by atoms with Gasteiger partial charge in [-0.3, -0.25) is 9.98 Å². The molecule has 0 aromatic heterocycles. The first kappa shape index (κ1) is 29.9. The molecular weight excluding hydrogens is 548 g/mol. The average molecular weight is 581 g/mol. The number of benzene rings is 5. The highest BCUT2D eigenvalue weighted by molar-refractivity contribution is 6.04. The zero-order valence-electron chi connectivity index (χ0n) is 25.1. The fourth-order valence-electron chi connectivity index (χ4n) is 4.35. The second kappa shape index (κ2) is 13.6. The highest BCUT2D eigenvalue weighted by Gasteiger charge is 2.20. The highest BCUT2D eigenvalue weighted by atomic mass is 16.5. The number of aryl methyl sites for hydroxylation is 4. The Bertz CT molecular complexity index is 1890. The van der Waals surface area contributed by atoms with E-state index in [1.54, 1.807) is 54.9 Å². The van der Waals surface area contributed by atoms with E-state index in [1.165, 1.54) is 28.8 Å². The summed E-state index contributed by atoms with van der Waals surface area (Å²) in [5.74, 6) is -0.653. The number of ether oxygens (including phenoxy) is 2. The molecule has 5 aromatic rings. The smallest absolute Gasteiger partial charge is 0.344 e. The Morgan fingerprint density at radius 1 is 0.500 bits per heavy atom. The molecule has 0 fully saturated rings. The highest BCUT2D eigenvalue weighted by Crippen LogP contribution is 2.22. The van der Waals surface area contributed by atoms with Crippen molar-refractivity contribution < 1.29 is 19.1 Å². The molecule has 44 heavy (non-hydrogen) atoms. The van der Waals surface area contributed by atoms with E-state index in [1.807, 2.05) is 61.5 Å². The topological polar surface area (TPSA) is 77.3 Å². The third kappa shape index (κ3) is 7.61. The van der Waals surface area contributed by atoms with Gasteiger partial charge in [-0.2, -0.15) is 0 Å². The van der Waals surface area contributed by atoms with Gasteiger partial charge >= 0.3 is 11.9 Å². The van der Waals surface area contributed by atoms with Gasteiger partial charge in [0, 0.05) is 12.4 Å². The lowest BCUT2D eigenvalue weighted by Gasteiger charge is -2.10. The fraction of sp³-hybridized carbons (Fsp3) is 0.105. The van der Waals surface area contributed by atoms with Crippen molar-refractivity contribution in [2.75, 3.05) is 0 Å². The van der Waals surface area contributed by atoms with Crippen LogP contribution in [-0.2, 0) is 0 Å². The number of rotatable bonds is 8. The Labute approximate surface area is 257 Å². The van der Waals surface area contributed by atoms with Crippen LogP contribution in [0.5, 0.6) is 11.5 Å². The van der Waals surface area contributed by atoms with Crippen LogP contribution in [0.4, 0.5) is 11.4 Å². The Balaban J connectivity index is 1.24. The predicted octanol–water partition coefficient (Wildman–Crippen LogP) is 8.86. The van der Waals surface area contributed by atoms with Crippen LogP contribution < -0.4 is 9.47 Å². The molecule has 6 nitrogen and oxygen atoms in total. The number of carbonyl (C=O) groups is 2. The molecule has 0 bridgehead atoms. The first-order valence-corrected chi connectivity index (χ1v) is 14.2. The van der Waals surface area contributed by atoms with E-state index < -0.39 is 11.9 Å². The number of carbonyl (C=O) groups excluding carboxylic acids is 2. The molecule has 0 N–H and O–H groups in total. The van der Waals surface area contributed by atoms with Gasteiger partial charge in [0.1, 0.15) is 11.5 Å². The van der Waals surface area contributed by atoms with Crippen LogP contribution in [-0.4, -0.2) is 24.4 Å². The third-order valence-electron chi connectivity index (χ3n) is 7.23. The van der Waals surface area contributed by atoms with E-state index in [4.69, 9.17) is 9.47 Å². The minimum atomic E-state index is -0.668. The van der Waals surface area contributed by atoms with Gasteiger partial charge in [0.2, 0.25) is 0 Å². The second-order valence-electron chi connectivity index (χ2n) is 10.5. The quantitative estimate of drug-likeness (QED) is 0.104. The van der Waals surface area contributed by atoms with Crippen LogP contribution in [0, 0.1) is 27.7 Å². The maximum Gasteiger partial charge on any atom is 0.344 e. The number of aliphatic imine (C=N–C) groups is 2. The summed E-state index contributed by atoms with van der Waals surface area (Å²) in [7, 11) is 0. The van der Waals surface area contributed by atoms with Crippen molar-refractivity contribution in [1.82, 2.24) is 0 Å². The summed E-state index contributed by atoms with van der Waals surface area (Å²) in [5, 5.41) is 0. The molecule has 0 unspecified atom stereocenters. The third-order valence-corrected chi connectivity index (χ3v) is 7.23. The van der Waals surface area contributed by atoms with Crippen LogP contribution in [0.25, 0.3) is 0 Å². The lowest BCUT2D eigenvalue weighted by Crippen LogP contribution is -2.17. The zero-order valence-corrected chi connectivity index (χ0v) is 25.1. The largest absolute Gasteiger partial charge is 0.423 e. The molecule has 5 aromatic carbocycles. The van der Waals surface area contributed by atoms with Gasteiger partial charge in [0.25, 0.3) is 0 Å². The number of esters is 2. The van der Waals surface area contributed by atoms with Crippen molar-refractivity contribution in [1.29, 1.82) is 0 Å². The number of hydrogen-bond acceptors (Lipinski definition) is 6. The Morgan fingerprint density at radius 2 is 1.02 bits per heavy atom. The molecule has 0 saturated carbocycles. The van der Waals surface area contributed by atoms with Crippen LogP contribution >= 0.6 is 0 Å². The van der Waals surface area contributed by atoms with Gasteiger partial charge in [0.05, 0.1) is 22.5 Å². The molecule has 0 aliphatic heterocycles. The van der Waals surface area contributed by atoms with Crippen LogP contribution in [0.1, 0.15) is 54.1 Å². The molecule has 0 atom stereocenters. The van der Waals surface area contributed by atoms with Gasteiger partial charge < -0.3 is 9.47 Å². The molecule has 0 spiro atoms. The standard InChI is InChI=1S/C38H32N2O4/c1-25-12-16-31(20-27(25)3)39-23-29-14-18-33(19-15-29)43-37(41)35-10-5-6-11-36(35)38(42)44-34-9-7-8-30(22-34)24-40-32-17-13-26(2)28(4)21-32/h5-24H,1-4H3. The van der Waals surface area contributed by atoms with Crippen LogP contribution in [0.15, 0.2) is 119 Å². The SMILES string of the molecule is Cc1ccc(N=Cc2ccc(OC(=O)c3ccccc3C(=O)Oc3cccc(C=Nc4ccc(C)c(C)c4)c3)cc2)cc1C. The van der Waals surface area contributed by atoms with E-state index in [9.17, 15) is 9.59 Å². The minimum absolute atomic E-state index is 0.101. The molecule has 5 rings (SSSR count). The molecule has 0 aliphatic carbocycles. The number of nitrogens with zero attached hydrogens (tertiary/aromatic N) is 2. The summed E-state index contributed by atoms with van der Waals surface area (Å²) < 4.78 is 11.2. The van der Waals surface area contributed by atoms with Gasteiger partial charge in [-0.25, -0.2) is 9.59 Å². The van der Waals surface area contributed by atoms with Gasteiger partial charge in [0.15, 0.2) is 0 Å². The van der Waals surface area contributed by atoms with Crippen LogP contribution in [0.2, 0.25) is 0 Å². The average Bonchev–Trinajstić information content (AvgIpc) is 3.03. The monoisotopic (exact) mass is 580 g/mol. The summed E-state index contributed by atoms with van der Waals surface area (Å²) >= 11 is 0. The molecule has 0 heterocycles. The summed E-state index contributed by atoms with van der Waals surface area (Å²) in [6.45, 7) is 8.22. The molecule has 6 heteroatoms. The van der Waals surface area contributed by atoms with E-state index >= 15 is 0 Å². The first-order chi connectivity index (χ1) is 21.2. The maximum atomic E-state index is 13.1. The lowest BCUT2D eigenvalue weighted by molar-refractivity contribution is 0.0692. The van der Waals surface area contributed by atoms with Crippen LogP contribution in [0.3, 0.4) is 0 Å². The second-order valence-corrected chi connectivity index (χ2v) is 10.5. The normalized spacial score (nSPS) is 11.2. The van der Waals surface area contributed by atoms with Crippen molar-refractivity contribution in [3.63, 3.8) is 0 Å². The fourth-order valence-corrected chi connectivity index (χ4v) is 4.35. The summed E-state index contributed by atoms with van der Waals surface area (Å²) in [6, 6.07) is 32.5. The molecule has 0 aliphatic rings. The summed E-state index contributed by atoms with van der Waals surface area (Å²) in [6.07, 6.45) is 3.47. The van der Waals surface area contributed by atoms with Crippen molar-refractivity contribution >= 4 is 35.7 Å². The van der Waals surface area contributed by atoms with Gasteiger partial charge in [-0.15, -0.1) is 0 Å². The lowest BCUT2D eigenvalue weighted by atomic mass is 10.1. The van der Waals surface area contributed by atoms with Gasteiger partial charge in [-0.05, 0) is 134 Å². The number of hydrogen-bond donors (Lipinski definition) is 0. The summed E-state index contributed by atoms with van der Waals surface area (Å²) in [4.78, 5) is 35.3. The van der Waals surface area contributed by atoms with E-state index in [0.29, 0.717) is 11.5 Å². The predicted molar refractivity (Wildman–Crippen MR) is 176 cm³/mol. The van der Waals surface area contributed by atoms with Crippen molar-refractivity contribution in [2.24, 2.45) is 9.98 Å². The summed E-state index contributed by atoms with van der Waals surface area (Å²) in [5.41, 5.74) is 8.29. The molecule has 0 amide bonds. The molecule has 0 radical (unpaired) electrons. The van der Waals surface area contributed by atoms with E-state index in [-0.39, 0.29) is 11.1 Å². The van der Waals surface area contributed by atoms with E-state index in [2.05, 4.69) is 30.8 Å². The molecule has 218 valence electrons. The maximum absolute atomic E-state index is 13.1. The van der Waals surface area contributed by atoms with Crippen molar-refractivity contribution in [3.05, 3.63) is 154 Å². The minimum Gasteiger partial charge on any atom is -0.423 e. The zero-order chi connectivity index (χ0) is 31.1. The Morgan fingerprint density at radius 3 is 1.57 bits per heavy atom.